The summed E-state index contributed by atoms with van der Waals surface area (Å²) in [6.07, 6.45) is 2.58. The van der Waals surface area contributed by atoms with Crippen molar-refractivity contribution in [2.24, 2.45) is 4.99 Å². The number of hydrogen-bond donors (Lipinski definition) is 2. The summed E-state index contributed by atoms with van der Waals surface area (Å²) in [7, 11) is 5.19. The van der Waals surface area contributed by atoms with Gasteiger partial charge in [0.1, 0.15) is 5.82 Å². The molecule has 2 aromatic carbocycles. The number of hydrogen-bond acceptors (Lipinski definition) is 3. The molecule has 0 fully saturated rings. The van der Waals surface area contributed by atoms with Crippen molar-refractivity contribution in [3.63, 3.8) is 0 Å². The standard InChI is InChI=1S/C23H27FN6O.HI/c1-25-23(27-16-17-4-6-18(7-5-17)22(31)29(2)3)26-14-12-20-13-15-30(28-20)21-10-8-19(24)9-11-21;/h4-11,13,15H,12,14,16H2,1-3H3,(H2,25,26,27);1H. The van der Waals surface area contributed by atoms with Crippen molar-refractivity contribution in [3.8, 4) is 5.69 Å². The Morgan fingerprint density at radius 1 is 1.06 bits per heavy atom. The van der Waals surface area contributed by atoms with Crippen LogP contribution in [0.4, 0.5) is 4.39 Å². The summed E-state index contributed by atoms with van der Waals surface area (Å²) in [6, 6.07) is 15.7. The maximum atomic E-state index is 13.1. The number of halogens is 2. The summed E-state index contributed by atoms with van der Waals surface area (Å²) >= 11 is 0. The number of rotatable bonds is 7. The molecule has 0 saturated heterocycles. The van der Waals surface area contributed by atoms with E-state index >= 15 is 0 Å². The Hall–Kier alpha value is -2.95. The predicted molar refractivity (Wildman–Crippen MR) is 135 cm³/mol. The van der Waals surface area contributed by atoms with E-state index in [0.29, 0.717) is 24.6 Å². The lowest BCUT2D eigenvalue weighted by Crippen LogP contribution is -2.37. The predicted octanol–water partition coefficient (Wildman–Crippen LogP) is 3.24. The second-order valence-electron chi connectivity index (χ2n) is 7.23. The topological polar surface area (TPSA) is 74.5 Å². The maximum absolute atomic E-state index is 13.1. The molecule has 170 valence electrons. The molecule has 1 amide bonds. The third kappa shape index (κ3) is 7.04. The van der Waals surface area contributed by atoms with E-state index in [2.05, 4.69) is 20.7 Å². The van der Waals surface area contributed by atoms with Crippen molar-refractivity contribution in [1.82, 2.24) is 25.3 Å². The molecular formula is C23H28FIN6O. The minimum absolute atomic E-state index is 0. The molecule has 0 bridgehead atoms. The van der Waals surface area contributed by atoms with Crippen LogP contribution in [0.2, 0.25) is 0 Å². The molecule has 9 heteroatoms. The van der Waals surface area contributed by atoms with Gasteiger partial charge in [0.2, 0.25) is 0 Å². The Morgan fingerprint density at radius 2 is 1.75 bits per heavy atom. The highest BCUT2D eigenvalue weighted by Gasteiger charge is 2.07. The van der Waals surface area contributed by atoms with Crippen LogP contribution in [0.3, 0.4) is 0 Å². The lowest BCUT2D eigenvalue weighted by Gasteiger charge is -2.13. The number of benzene rings is 2. The summed E-state index contributed by atoms with van der Waals surface area (Å²) < 4.78 is 14.8. The van der Waals surface area contributed by atoms with Gasteiger partial charge in [-0.15, -0.1) is 24.0 Å². The average molecular weight is 550 g/mol. The lowest BCUT2D eigenvalue weighted by molar-refractivity contribution is 0.0827. The first-order valence-corrected chi connectivity index (χ1v) is 10.0. The largest absolute Gasteiger partial charge is 0.356 e. The fourth-order valence-corrected chi connectivity index (χ4v) is 2.97. The number of nitrogens with zero attached hydrogens (tertiary/aromatic N) is 4. The zero-order valence-electron chi connectivity index (χ0n) is 18.4. The van der Waals surface area contributed by atoms with Crippen LogP contribution in [0.5, 0.6) is 0 Å². The summed E-state index contributed by atoms with van der Waals surface area (Å²) in [6.45, 7) is 1.26. The van der Waals surface area contributed by atoms with Gasteiger partial charge in [0.05, 0.1) is 11.4 Å². The van der Waals surface area contributed by atoms with Crippen molar-refractivity contribution >= 4 is 35.8 Å². The zero-order chi connectivity index (χ0) is 22.2. The average Bonchev–Trinajstić information content (AvgIpc) is 3.25. The Bertz CT molecular complexity index is 1030. The molecule has 0 unspecified atom stereocenters. The maximum Gasteiger partial charge on any atom is 0.253 e. The first-order valence-electron chi connectivity index (χ1n) is 10.0. The summed E-state index contributed by atoms with van der Waals surface area (Å²) in [4.78, 5) is 17.8. The van der Waals surface area contributed by atoms with Crippen LogP contribution < -0.4 is 10.6 Å². The van der Waals surface area contributed by atoms with Crippen molar-refractivity contribution in [1.29, 1.82) is 0 Å². The van der Waals surface area contributed by atoms with Crippen LogP contribution in [0, 0.1) is 5.82 Å². The smallest absolute Gasteiger partial charge is 0.253 e. The van der Waals surface area contributed by atoms with E-state index in [1.54, 1.807) is 42.9 Å². The van der Waals surface area contributed by atoms with E-state index < -0.39 is 0 Å². The van der Waals surface area contributed by atoms with E-state index in [1.165, 1.54) is 12.1 Å². The second-order valence-corrected chi connectivity index (χ2v) is 7.23. The molecule has 3 rings (SSSR count). The Labute approximate surface area is 204 Å². The Morgan fingerprint density at radius 3 is 2.38 bits per heavy atom. The van der Waals surface area contributed by atoms with E-state index in [4.69, 9.17) is 0 Å². The summed E-state index contributed by atoms with van der Waals surface area (Å²) in [5.74, 6) is 0.405. The first kappa shape index (κ1) is 25.3. The number of guanidine groups is 1. The van der Waals surface area contributed by atoms with Crippen molar-refractivity contribution in [2.45, 2.75) is 13.0 Å². The minimum atomic E-state index is -0.266. The van der Waals surface area contributed by atoms with E-state index in [0.717, 1.165) is 23.4 Å². The zero-order valence-corrected chi connectivity index (χ0v) is 20.7. The molecule has 0 aliphatic carbocycles. The fraction of sp³-hybridized carbons (Fsp3) is 0.261. The van der Waals surface area contributed by atoms with Crippen molar-refractivity contribution in [3.05, 3.63) is 83.4 Å². The van der Waals surface area contributed by atoms with Gasteiger partial charge in [0.25, 0.3) is 5.91 Å². The van der Waals surface area contributed by atoms with Crippen molar-refractivity contribution < 1.29 is 9.18 Å². The number of amides is 1. The highest BCUT2D eigenvalue weighted by molar-refractivity contribution is 14.0. The van der Waals surface area contributed by atoms with Crippen LogP contribution in [-0.2, 0) is 13.0 Å². The number of carbonyl (C=O) groups is 1. The molecule has 0 radical (unpaired) electrons. The third-order valence-electron chi connectivity index (χ3n) is 4.70. The molecule has 32 heavy (non-hydrogen) atoms. The molecule has 0 aliphatic heterocycles. The van der Waals surface area contributed by atoms with Crippen LogP contribution >= 0.6 is 24.0 Å². The minimum Gasteiger partial charge on any atom is -0.356 e. The summed E-state index contributed by atoms with van der Waals surface area (Å²) in [5, 5.41) is 11.1. The summed E-state index contributed by atoms with van der Waals surface area (Å²) in [5.41, 5.74) is 3.46. The molecule has 0 atom stereocenters. The normalized spacial score (nSPS) is 10.9. The van der Waals surface area contributed by atoms with Gasteiger partial charge in [-0.25, -0.2) is 9.07 Å². The van der Waals surface area contributed by atoms with Gasteiger partial charge in [0.15, 0.2) is 5.96 Å². The van der Waals surface area contributed by atoms with E-state index in [-0.39, 0.29) is 35.7 Å². The van der Waals surface area contributed by atoms with Crippen LogP contribution in [-0.4, -0.2) is 54.2 Å². The SMILES string of the molecule is CN=C(NCCc1ccn(-c2ccc(F)cc2)n1)NCc1ccc(C(=O)N(C)C)cc1.I. The van der Waals surface area contributed by atoms with Crippen molar-refractivity contribution in [2.75, 3.05) is 27.7 Å². The van der Waals surface area contributed by atoms with Crippen LogP contribution in [0.1, 0.15) is 21.6 Å². The Kier molecular flexibility index (Phi) is 9.63. The quantitative estimate of drug-likeness (QED) is 0.269. The van der Waals surface area contributed by atoms with Gasteiger partial charge >= 0.3 is 0 Å². The molecule has 1 aromatic heterocycles. The molecule has 2 N–H and O–H groups in total. The van der Waals surface area contributed by atoms with E-state index in [1.807, 2.05) is 36.5 Å². The highest BCUT2D eigenvalue weighted by Crippen LogP contribution is 2.09. The molecular weight excluding hydrogens is 522 g/mol. The van der Waals surface area contributed by atoms with Gasteiger partial charge in [0, 0.05) is 52.4 Å². The molecule has 0 saturated carbocycles. The van der Waals surface area contributed by atoms with Crippen LogP contribution in [0.15, 0.2) is 65.8 Å². The highest BCUT2D eigenvalue weighted by atomic mass is 127. The molecule has 1 heterocycles. The molecule has 3 aromatic rings. The monoisotopic (exact) mass is 550 g/mol. The van der Waals surface area contributed by atoms with E-state index in [9.17, 15) is 9.18 Å². The van der Waals surface area contributed by atoms with Gasteiger partial charge in [-0.2, -0.15) is 5.10 Å². The fourth-order valence-electron chi connectivity index (χ4n) is 2.97. The van der Waals surface area contributed by atoms with Gasteiger partial charge < -0.3 is 15.5 Å². The first-order chi connectivity index (χ1) is 15.0. The van der Waals surface area contributed by atoms with Gasteiger partial charge in [-0.1, -0.05) is 12.1 Å². The van der Waals surface area contributed by atoms with Gasteiger partial charge in [-0.05, 0) is 48.0 Å². The Balaban J connectivity index is 0.00000363. The number of carbonyl (C=O) groups excluding carboxylic acids is 1. The molecule has 7 nitrogen and oxygen atoms in total. The third-order valence-corrected chi connectivity index (χ3v) is 4.70. The number of nitrogens with one attached hydrogen (secondary N) is 2. The number of aromatic nitrogens is 2. The molecule has 0 spiro atoms. The second kappa shape index (κ2) is 12.2. The molecule has 0 aliphatic rings. The lowest BCUT2D eigenvalue weighted by atomic mass is 10.1. The number of aliphatic imine (C=N–C) groups is 1. The van der Waals surface area contributed by atoms with Gasteiger partial charge in [-0.3, -0.25) is 9.79 Å². The van der Waals surface area contributed by atoms with Crippen LogP contribution in [0.25, 0.3) is 5.69 Å².